The van der Waals surface area contributed by atoms with Crippen molar-refractivity contribution in [1.29, 1.82) is 0 Å². The van der Waals surface area contributed by atoms with Crippen LogP contribution in [-0.2, 0) is 4.79 Å². The van der Waals surface area contributed by atoms with E-state index in [1.165, 1.54) is 0 Å². The lowest BCUT2D eigenvalue weighted by Gasteiger charge is -2.13. The fourth-order valence-electron chi connectivity index (χ4n) is 1.79. The Morgan fingerprint density at radius 3 is 2.81 bits per heavy atom. The molecule has 2 rings (SSSR count). The maximum Gasteiger partial charge on any atom is 0.288 e. The normalized spacial score (nSPS) is 14.5. The second-order valence-electron chi connectivity index (χ2n) is 4.21. The summed E-state index contributed by atoms with van der Waals surface area (Å²) in [6.45, 7) is 0.411. The van der Waals surface area contributed by atoms with Crippen LogP contribution >= 0.6 is 27.7 Å². The number of benzene rings is 1. The molecule has 1 saturated heterocycles. The molecule has 0 bridgehead atoms. The van der Waals surface area contributed by atoms with E-state index in [1.54, 1.807) is 25.3 Å². The van der Waals surface area contributed by atoms with Crippen molar-refractivity contribution < 1.29 is 19.1 Å². The number of nitrogens with one attached hydrogen (secondary N) is 1. The van der Waals surface area contributed by atoms with Crippen LogP contribution in [0.3, 0.4) is 0 Å². The Morgan fingerprint density at radius 2 is 2.24 bits per heavy atom. The summed E-state index contributed by atoms with van der Waals surface area (Å²) in [4.78, 5) is 35.9. The van der Waals surface area contributed by atoms with E-state index < -0.39 is 0 Å². The van der Waals surface area contributed by atoms with Gasteiger partial charge in [0, 0.05) is 18.7 Å². The SMILES string of the molecule is COc1ccc(C(=O)NCCN2C(=O)CSC2=O)cc1Br. The molecule has 6 nitrogen and oxygen atoms in total. The van der Waals surface area contributed by atoms with E-state index in [0.29, 0.717) is 15.8 Å². The van der Waals surface area contributed by atoms with Crippen LogP contribution in [0.25, 0.3) is 0 Å². The van der Waals surface area contributed by atoms with Gasteiger partial charge in [-0.1, -0.05) is 11.8 Å². The van der Waals surface area contributed by atoms with Crippen molar-refractivity contribution in [3.63, 3.8) is 0 Å². The standard InChI is InChI=1S/C13H13BrN2O4S/c1-20-10-3-2-8(6-9(10)14)12(18)15-4-5-16-11(17)7-21-13(16)19/h2-3,6H,4-5,7H2,1H3,(H,15,18). The van der Waals surface area contributed by atoms with Crippen LogP contribution in [0.15, 0.2) is 22.7 Å². The summed E-state index contributed by atoms with van der Waals surface area (Å²) in [5.74, 6) is 0.325. The molecule has 112 valence electrons. The van der Waals surface area contributed by atoms with Crippen molar-refractivity contribution in [3.05, 3.63) is 28.2 Å². The van der Waals surface area contributed by atoms with Crippen LogP contribution in [0, 0.1) is 0 Å². The van der Waals surface area contributed by atoms with E-state index in [2.05, 4.69) is 21.2 Å². The van der Waals surface area contributed by atoms with Gasteiger partial charge in [0.25, 0.3) is 11.1 Å². The highest BCUT2D eigenvalue weighted by Crippen LogP contribution is 2.25. The van der Waals surface area contributed by atoms with Gasteiger partial charge in [-0.25, -0.2) is 0 Å². The van der Waals surface area contributed by atoms with Gasteiger partial charge in [-0.3, -0.25) is 19.3 Å². The van der Waals surface area contributed by atoms with E-state index in [1.807, 2.05) is 0 Å². The third kappa shape index (κ3) is 3.76. The molecule has 1 aromatic rings. The average molecular weight is 373 g/mol. The Balaban J connectivity index is 1.89. The van der Waals surface area contributed by atoms with Gasteiger partial charge in [-0.15, -0.1) is 0 Å². The minimum absolute atomic E-state index is 0.179. The second kappa shape index (κ2) is 6.95. The van der Waals surface area contributed by atoms with Crippen LogP contribution in [0.1, 0.15) is 10.4 Å². The summed E-state index contributed by atoms with van der Waals surface area (Å²) in [6, 6.07) is 4.97. The molecular weight excluding hydrogens is 360 g/mol. The van der Waals surface area contributed by atoms with Gasteiger partial charge in [0.1, 0.15) is 5.75 Å². The Hall–Kier alpha value is -1.54. The molecule has 1 heterocycles. The molecule has 0 unspecified atom stereocenters. The van der Waals surface area contributed by atoms with Crippen molar-refractivity contribution in [2.75, 3.05) is 26.0 Å². The lowest BCUT2D eigenvalue weighted by atomic mass is 10.2. The fraction of sp³-hybridized carbons (Fsp3) is 0.308. The lowest BCUT2D eigenvalue weighted by Crippen LogP contribution is -2.37. The van der Waals surface area contributed by atoms with Crippen molar-refractivity contribution in [2.24, 2.45) is 0 Å². The quantitative estimate of drug-likeness (QED) is 0.853. The van der Waals surface area contributed by atoms with Crippen LogP contribution in [0.4, 0.5) is 4.79 Å². The van der Waals surface area contributed by atoms with Crippen LogP contribution < -0.4 is 10.1 Å². The van der Waals surface area contributed by atoms with E-state index in [9.17, 15) is 14.4 Å². The molecule has 1 aliphatic rings. The molecule has 0 radical (unpaired) electrons. The summed E-state index contributed by atoms with van der Waals surface area (Å²) in [5.41, 5.74) is 0.469. The number of rotatable bonds is 5. The number of imide groups is 1. The number of amides is 3. The topological polar surface area (TPSA) is 75.7 Å². The van der Waals surface area contributed by atoms with E-state index >= 15 is 0 Å². The summed E-state index contributed by atoms with van der Waals surface area (Å²) >= 11 is 4.29. The van der Waals surface area contributed by atoms with Gasteiger partial charge in [0.15, 0.2) is 0 Å². The van der Waals surface area contributed by atoms with Crippen molar-refractivity contribution >= 4 is 44.7 Å². The highest BCUT2D eigenvalue weighted by atomic mass is 79.9. The third-order valence-corrected chi connectivity index (χ3v) is 4.35. The smallest absolute Gasteiger partial charge is 0.288 e. The molecule has 0 aromatic heterocycles. The summed E-state index contributed by atoms with van der Waals surface area (Å²) in [7, 11) is 1.54. The highest BCUT2D eigenvalue weighted by molar-refractivity contribution is 9.10. The average Bonchev–Trinajstić information content (AvgIpc) is 2.78. The van der Waals surface area contributed by atoms with Crippen molar-refractivity contribution in [2.45, 2.75) is 0 Å². The zero-order chi connectivity index (χ0) is 15.4. The first-order valence-corrected chi connectivity index (χ1v) is 7.89. The molecule has 1 N–H and O–H groups in total. The zero-order valence-corrected chi connectivity index (χ0v) is 13.6. The number of carbonyl (C=O) groups excluding carboxylic acids is 3. The first-order valence-electron chi connectivity index (χ1n) is 6.12. The van der Waals surface area contributed by atoms with E-state index in [4.69, 9.17) is 4.74 Å². The maximum atomic E-state index is 12.0. The van der Waals surface area contributed by atoms with E-state index in [0.717, 1.165) is 16.7 Å². The molecule has 3 amide bonds. The highest BCUT2D eigenvalue weighted by Gasteiger charge is 2.29. The minimum atomic E-state index is -0.273. The molecule has 8 heteroatoms. The molecule has 0 spiro atoms. The second-order valence-corrected chi connectivity index (χ2v) is 5.99. The third-order valence-electron chi connectivity index (χ3n) is 2.88. The van der Waals surface area contributed by atoms with Crippen LogP contribution in [-0.4, -0.2) is 47.9 Å². The first kappa shape index (κ1) is 15.8. The zero-order valence-electron chi connectivity index (χ0n) is 11.2. The number of carbonyl (C=O) groups is 3. The summed E-state index contributed by atoms with van der Waals surface area (Å²) < 4.78 is 5.77. The van der Waals surface area contributed by atoms with Gasteiger partial charge in [0.2, 0.25) is 5.91 Å². The number of nitrogens with zero attached hydrogens (tertiary/aromatic N) is 1. The number of methoxy groups -OCH3 is 1. The van der Waals surface area contributed by atoms with Crippen LogP contribution in [0.2, 0.25) is 0 Å². The van der Waals surface area contributed by atoms with Crippen molar-refractivity contribution in [1.82, 2.24) is 10.2 Å². The molecule has 0 saturated carbocycles. The van der Waals surface area contributed by atoms with Crippen LogP contribution in [0.5, 0.6) is 5.75 Å². The Labute approximate surface area is 134 Å². The number of hydrogen-bond acceptors (Lipinski definition) is 5. The predicted octanol–water partition coefficient (Wildman–Crippen LogP) is 1.88. The van der Waals surface area contributed by atoms with E-state index in [-0.39, 0.29) is 35.9 Å². The number of hydrogen-bond donors (Lipinski definition) is 1. The van der Waals surface area contributed by atoms with Gasteiger partial charge in [-0.2, -0.15) is 0 Å². The Bertz CT molecular complexity index is 578. The molecular formula is C13H13BrN2O4S. The Morgan fingerprint density at radius 1 is 1.48 bits per heavy atom. The van der Waals surface area contributed by atoms with Gasteiger partial charge >= 0.3 is 0 Å². The molecule has 0 aliphatic carbocycles. The molecule has 0 atom stereocenters. The number of halogens is 1. The number of ether oxygens (including phenoxy) is 1. The summed E-state index contributed by atoms with van der Waals surface area (Å²) in [6.07, 6.45) is 0. The predicted molar refractivity (Wildman–Crippen MR) is 82.6 cm³/mol. The lowest BCUT2D eigenvalue weighted by molar-refractivity contribution is -0.124. The monoisotopic (exact) mass is 372 g/mol. The van der Waals surface area contributed by atoms with Gasteiger partial charge < -0.3 is 10.1 Å². The molecule has 21 heavy (non-hydrogen) atoms. The largest absolute Gasteiger partial charge is 0.496 e. The van der Waals surface area contributed by atoms with Gasteiger partial charge in [0.05, 0.1) is 17.3 Å². The number of thioether (sulfide) groups is 1. The summed E-state index contributed by atoms with van der Waals surface area (Å²) in [5, 5.41) is 2.41. The fourth-order valence-corrected chi connectivity index (χ4v) is 3.08. The molecule has 1 aliphatic heterocycles. The maximum absolute atomic E-state index is 12.0. The Kier molecular flexibility index (Phi) is 5.24. The van der Waals surface area contributed by atoms with Crippen molar-refractivity contribution in [3.8, 4) is 5.75 Å². The molecule has 1 aromatic carbocycles. The first-order chi connectivity index (χ1) is 10.0. The minimum Gasteiger partial charge on any atom is -0.496 e. The van der Waals surface area contributed by atoms with Gasteiger partial charge in [-0.05, 0) is 34.1 Å². The molecule has 1 fully saturated rings.